The maximum atomic E-state index is 11.4. The Balaban J connectivity index is 2.85. The summed E-state index contributed by atoms with van der Waals surface area (Å²) in [6.07, 6.45) is 0.847. The zero-order chi connectivity index (χ0) is 17.4. The third-order valence-electron chi connectivity index (χ3n) is 3.38. The molecule has 0 aliphatic heterocycles. The van der Waals surface area contributed by atoms with Crippen molar-refractivity contribution >= 4 is 23.3 Å². The van der Waals surface area contributed by atoms with Crippen LogP contribution >= 0.6 is 11.3 Å². The molecule has 0 saturated carbocycles. The number of carboxylic acids is 1. The average molecular weight is 343 g/mol. The molecule has 1 rings (SSSR count). The molecule has 0 bridgehead atoms. The zero-order valence-corrected chi connectivity index (χ0v) is 14.6. The van der Waals surface area contributed by atoms with Crippen LogP contribution in [0.15, 0.2) is 5.38 Å². The van der Waals surface area contributed by atoms with Crippen LogP contribution in [-0.2, 0) is 9.53 Å². The van der Waals surface area contributed by atoms with Crippen molar-refractivity contribution in [3.63, 3.8) is 0 Å². The van der Waals surface area contributed by atoms with Gasteiger partial charge in [0.05, 0.1) is 0 Å². The minimum atomic E-state index is -1.09. The first-order valence-corrected chi connectivity index (χ1v) is 8.52. The second-order valence-corrected chi connectivity index (χ2v) is 6.55. The summed E-state index contributed by atoms with van der Waals surface area (Å²) in [6, 6.07) is 0.114. The maximum Gasteiger partial charge on any atom is 0.355 e. The number of hydrogen-bond acceptors (Lipinski definition) is 7. The number of carboxylic acid groups (broad SMARTS) is 1. The maximum absolute atomic E-state index is 11.4. The van der Waals surface area contributed by atoms with E-state index in [2.05, 4.69) is 24.1 Å². The molecule has 1 aromatic rings. The van der Waals surface area contributed by atoms with Crippen LogP contribution in [0.5, 0.6) is 0 Å². The lowest BCUT2D eigenvalue weighted by atomic mass is 9.97. The van der Waals surface area contributed by atoms with E-state index in [1.807, 2.05) is 0 Å². The van der Waals surface area contributed by atoms with Crippen LogP contribution in [0.4, 0.5) is 0 Å². The average Bonchev–Trinajstić information content (AvgIpc) is 2.94. The highest BCUT2D eigenvalue weighted by molar-refractivity contribution is 7.09. The second kappa shape index (κ2) is 9.59. The monoisotopic (exact) mass is 343 g/mol. The summed E-state index contributed by atoms with van der Waals surface area (Å²) in [5, 5.41) is 14.4. The van der Waals surface area contributed by atoms with E-state index in [1.165, 1.54) is 23.6 Å². The van der Waals surface area contributed by atoms with Crippen molar-refractivity contribution in [2.75, 3.05) is 13.1 Å². The Morgan fingerprint density at radius 3 is 2.65 bits per heavy atom. The highest BCUT2D eigenvalue weighted by atomic mass is 32.1. The number of nitrogens with two attached hydrogens (primary N) is 1. The summed E-state index contributed by atoms with van der Waals surface area (Å²) >= 11 is 1.19. The molecular weight excluding hydrogens is 318 g/mol. The van der Waals surface area contributed by atoms with Crippen molar-refractivity contribution in [2.24, 2.45) is 11.7 Å². The third-order valence-corrected chi connectivity index (χ3v) is 4.32. The largest absolute Gasteiger partial charge is 0.476 e. The van der Waals surface area contributed by atoms with Gasteiger partial charge in [-0.15, -0.1) is 11.3 Å². The van der Waals surface area contributed by atoms with E-state index in [0.717, 1.165) is 13.0 Å². The molecular formula is C15H25N3O4S. The van der Waals surface area contributed by atoms with Crippen LogP contribution in [0, 0.1) is 5.92 Å². The van der Waals surface area contributed by atoms with E-state index in [4.69, 9.17) is 15.6 Å². The number of ether oxygens (including phenoxy) is 1. The van der Waals surface area contributed by atoms with E-state index < -0.39 is 18.0 Å². The molecule has 1 heterocycles. The zero-order valence-electron chi connectivity index (χ0n) is 13.7. The first-order chi connectivity index (χ1) is 10.8. The molecule has 0 aliphatic carbocycles. The minimum absolute atomic E-state index is 0.0284. The van der Waals surface area contributed by atoms with Crippen LogP contribution in [0.25, 0.3) is 0 Å². The summed E-state index contributed by atoms with van der Waals surface area (Å²) in [5.74, 6) is -1.17. The number of carbonyl (C=O) groups excluding carboxylic acids is 1. The van der Waals surface area contributed by atoms with E-state index in [-0.39, 0.29) is 11.7 Å². The molecule has 0 amide bonds. The molecule has 1 aromatic heterocycles. The van der Waals surface area contributed by atoms with Crippen molar-refractivity contribution in [1.82, 2.24) is 10.3 Å². The van der Waals surface area contributed by atoms with E-state index in [9.17, 15) is 9.59 Å². The topological polar surface area (TPSA) is 115 Å². The number of nitrogens with one attached hydrogen (secondary N) is 1. The highest BCUT2D eigenvalue weighted by Gasteiger charge is 2.26. The quantitative estimate of drug-likeness (QED) is 0.438. The molecule has 0 spiro atoms. The number of rotatable bonds is 10. The SMILES string of the molecule is CC(=O)O[C@H](C[C@@H](NCCCN)C(C)C)c1nc(C(=O)O)cs1. The third kappa shape index (κ3) is 6.64. The molecule has 0 radical (unpaired) electrons. The van der Waals surface area contributed by atoms with Crippen molar-refractivity contribution in [1.29, 1.82) is 0 Å². The predicted octanol–water partition coefficient (Wildman–Crippen LogP) is 1.80. The van der Waals surface area contributed by atoms with Gasteiger partial charge < -0.3 is 20.9 Å². The fourth-order valence-corrected chi connectivity index (χ4v) is 2.98. The molecule has 0 saturated heterocycles. The van der Waals surface area contributed by atoms with E-state index in [0.29, 0.717) is 23.9 Å². The van der Waals surface area contributed by atoms with Gasteiger partial charge in [-0.3, -0.25) is 4.79 Å². The van der Waals surface area contributed by atoms with Gasteiger partial charge in [0.25, 0.3) is 0 Å². The van der Waals surface area contributed by atoms with Gasteiger partial charge in [-0.2, -0.15) is 0 Å². The first kappa shape index (κ1) is 19.5. The van der Waals surface area contributed by atoms with Gasteiger partial charge in [-0.25, -0.2) is 9.78 Å². The Morgan fingerprint density at radius 2 is 2.17 bits per heavy atom. The minimum Gasteiger partial charge on any atom is -0.476 e. The number of nitrogens with zero attached hydrogens (tertiary/aromatic N) is 1. The Kier molecular flexibility index (Phi) is 8.15. The van der Waals surface area contributed by atoms with Crippen molar-refractivity contribution in [3.8, 4) is 0 Å². The molecule has 0 aliphatic rings. The van der Waals surface area contributed by atoms with Gasteiger partial charge in [0.15, 0.2) is 11.8 Å². The van der Waals surface area contributed by atoms with Gasteiger partial charge in [0.2, 0.25) is 0 Å². The lowest BCUT2D eigenvalue weighted by Crippen LogP contribution is -2.37. The molecule has 4 N–H and O–H groups in total. The number of hydrogen-bond donors (Lipinski definition) is 3. The molecule has 8 heteroatoms. The normalized spacial score (nSPS) is 13.8. The lowest BCUT2D eigenvalue weighted by molar-refractivity contribution is -0.147. The molecule has 2 atom stereocenters. The Morgan fingerprint density at radius 1 is 1.48 bits per heavy atom. The van der Waals surface area contributed by atoms with Crippen LogP contribution < -0.4 is 11.1 Å². The number of thiazole rings is 1. The van der Waals surface area contributed by atoms with Gasteiger partial charge >= 0.3 is 11.9 Å². The van der Waals surface area contributed by atoms with Crippen LogP contribution in [0.3, 0.4) is 0 Å². The van der Waals surface area contributed by atoms with E-state index >= 15 is 0 Å². The molecule has 7 nitrogen and oxygen atoms in total. The summed E-state index contributed by atoms with van der Waals surface area (Å²) < 4.78 is 5.37. The van der Waals surface area contributed by atoms with Crippen molar-refractivity contribution < 1.29 is 19.4 Å². The Labute approximate surface area is 140 Å². The van der Waals surface area contributed by atoms with Gasteiger partial charge in [0.1, 0.15) is 5.01 Å². The predicted molar refractivity (Wildman–Crippen MR) is 88.5 cm³/mol. The number of carbonyl (C=O) groups is 2. The number of aromatic carboxylic acids is 1. The fraction of sp³-hybridized carbons (Fsp3) is 0.667. The number of aromatic nitrogens is 1. The standard InChI is InChI=1S/C15H25N3O4S/c1-9(2)11(17-6-4-5-16)7-13(22-10(3)19)14-18-12(8-23-14)15(20)21/h8-9,11,13,17H,4-7,16H2,1-3H3,(H,20,21)/t11-,13-/m1/s1. The number of esters is 1. The van der Waals surface area contributed by atoms with Gasteiger partial charge in [-0.1, -0.05) is 13.8 Å². The first-order valence-electron chi connectivity index (χ1n) is 7.64. The summed E-state index contributed by atoms with van der Waals surface area (Å²) in [6.45, 7) is 6.89. The lowest BCUT2D eigenvalue weighted by Gasteiger charge is -2.26. The van der Waals surface area contributed by atoms with Crippen LogP contribution in [-0.4, -0.2) is 41.2 Å². The second-order valence-electron chi connectivity index (χ2n) is 5.66. The Hall–Kier alpha value is -1.51. The smallest absolute Gasteiger partial charge is 0.355 e. The molecule has 0 fully saturated rings. The van der Waals surface area contributed by atoms with Gasteiger partial charge in [0, 0.05) is 24.8 Å². The van der Waals surface area contributed by atoms with E-state index in [1.54, 1.807) is 0 Å². The van der Waals surface area contributed by atoms with Gasteiger partial charge in [-0.05, 0) is 25.4 Å². The molecule has 130 valence electrons. The highest BCUT2D eigenvalue weighted by Crippen LogP contribution is 2.28. The van der Waals surface area contributed by atoms with Crippen molar-refractivity contribution in [2.45, 2.75) is 45.8 Å². The van der Waals surface area contributed by atoms with Crippen molar-refractivity contribution in [3.05, 3.63) is 16.1 Å². The summed E-state index contributed by atoms with van der Waals surface area (Å²) in [5.41, 5.74) is 5.48. The Bertz CT molecular complexity index is 519. The summed E-state index contributed by atoms with van der Waals surface area (Å²) in [7, 11) is 0. The molecule has 0 unspecified atom stereocenters. The molecule has 23 heavy (non-hydrogen) atoms. The molecule has 0 aromatic carbocycles. The van der Waals surface area contributed by atoms with Crippen LogP contribution in [0.2, 0.25) is 0 Å². The summed E-state index contributed by atoms with van der Waals surface area (Å²) in [4.78, 5) is 26.4. The van der Waals surface area contributed by atoms with Crippen LogP contribution in [0.1, 0.15) is 55.2 Å². The fourth-order valence-electron chi connectivity index (χ4n) is 2.14.